The zero-order valence-electron chi connectivity index (χ0n) is 6.85. The fourth-order valence-corrected chi connectivity index (χ4v) is 1.16. The van der Waals surface area contributed by atoms with Gasteiger partial charge in [-0.15, -0.1) is 0 Å². The molecule has 0 saturated heterocycles. The lowest BCUT2D eigenvalue weighted by molar-refractivity contribution is 0.147. The molecule has 0 aromatic carbocycles. The molecule has 0 radical (unpaired) electrons. The van der Waals surface area contributed by atoms with Crippen molar-refractivity contribution in [3.63, 3.8) is 0 Å². The molecule has 0 unspecified atom stereocenters. The van der Waals surface area contributed by atoms with Crippen molar-refractivity contribution in [2.24, 2.45) is 0 Å². The van der Waals surface area contributed by atoms with E-state index < -0.39 is 0 Å². The summed E-state index contributed by atoms with van der Waals surface area (Å²) in [6.07, 6.45) is 4.51. The number of rotatable bonds is 1. The smallest absolute Gasteiger partial charge is 0.0995 e. The number of hydrogen-bond acceptors (Lipinski definition) is 1. The second-order valence-corrected chi connectivity index (χ2v) is 2.69. The monoisotopic (exact) mass is 138 g/mol. The number of hydrogen-bond donors (Lipinski definition) is 0. The van der Waals surface area contributed by atoms with E-state index in [0.29, 0.717) is 0 Å². The normalized spacial score (nSPS) is 26.9. The molecule has 10 heavy (non-hydrogen) atoms. The third-order valence-corrected chi connectivity index (χ3v) is 1.95. The lowest BCUT2D eigenvalue weighted by Crippen LogP contribution is -2.09. The molecule has 0 aromatic rings. The Balaban J connectivity index is 2.67. The SMILES string of the molecule is C/C=C(\C)[C@H]1OCC=C1C. The maximum absolute atomic E-state index is 5.46. The lowest BCUT2D eigenvalue weighted by atomic mass is 10.1. The summed E-state index contributed by atoms with van der Waals surface area (Å²) in [6.45, 7) is 7.05. The van der Waals surface area contributed by atoms with Crippen molar-refractivity contribution in [1.29, 1.82) is 0 Å². The Labute approximate surface area is 62.4 Å². The van der Waals surface area contributed by atoms with Gasteiger partial charge in [0.25, 0.3) is 0 Å². The van der Waals surface area contributed by atoms with Crippen LogP contribution in [-0.4, -0.2) is 12.7 Å². The van der Waals surface area contributed by atoms with Crippen LogP contribution in [0.1, 0.15) is 20.8 Å². The van der Waals surface area contributed by atoms with Gasteiger partial charge in [-0.25, -0.2) is 0 Å². The van der Waals surface area contributed by atoms with Crippen molar-refractivity contribution in [2.45, 2.75) is 26.9 Å². The average Bonchev–Trinajstić information content (AvgIpc) is 2.34. The highest BCUT2D eigenvalue weighted by atomic mass is 16.5. The van der Waals surface area contributed by atoms with Crippen LogP contribution in [0.2, 0.25) is 0 Å². The molecule has 0 spiro atoms. The first-order chi connectivity index (χ1) is 4.75. The molecule has 1 heteroatoms. The topological polar surface area (TPSA) is 9.23 Å². The van der Waals surface area contributed by atoms with Crippen molar-refractivity contribution in [2.75, 3.05) is 6.61 Å². The molecule has 0 N–H and O–H groups in total. The molecule has 56 valence electrons. The summed E-state index contributed by atoms with van der Waals surface area (Å²) in [7, 11) is 0. The Morgan fingerprint density at radius 3 is 2.90 bits per heavy atom. The average molecular weight is 138 g/mol. The van der Waals surface area contributed by atoms with Crippen LogP contribution < -0.4 is 0 Å². The summed E-state index contributed by atoms with van der Waals surface area (Å²) in [5.74, 6) is 0. The maximum Gasteiger partial charge on any atom is 0.0995 e. The van der Waals surface area contributed by atoms with Crippen molar-refractivity contribution in [3.05, 3.63) is 23.3 Å². The first kappa shape index (κ1) is 7.55. The third kappa shape index (κ3) is 1.29. The lowest BCUT2D eigenvalue weighted by Gasteiger charge is -2.11. The Bertz CT molecular complexity index is 177. The van der Waals surface area contributed by atoms with E-state index in [1.807, 2.05) is 6.92 Å². The van der Waals surface area contributed by atoms with Gasteiger partial charge in [-0.1, -0.05) is 12.2 Å². The van der Waals surface area contributed by atoms with Gasteiger partial charge in [0.15, 0.2) is 0 Å². The molecule has 0 saturated carbocycles. The second-order valence-electron chi connectivity index (χ2n) is 2.69. The van der Waals surface area contributed by atoms with E-state index in [-0.39, 0.29) is 6.10 Å². The largest absolute Gasteiger partial charge is 0.365 e. The van der Waals surface area contributed by atoms with E-state index in [0.717, 1.165) is 6.61 Å². The predicted octanol–water partition coefficient (Wildman–Crippen LogP) is 2.30. The van der Waals surface area contributed by atoms with E-state index in [1.165, 1.54) is 11.1 Å². The molecule has 1 nitrogen and oxygen atoms in total. The van der Waals surface area contributed by atoms with E-state index in [2.05, 4.69) is 26.0 Å². The Morgan fingerprint density at radius 2 is 2.50 bits per heavy atom. The van der Waals surface area contributed by atoms with Gasteiger partial charge < -0.3 is 4.74 Å². The molecule has 1 rings (SSSR count). The van der Waals surface area contributed by atoms with Crippen LogP contribution in [0, 0.1) is 0 Å². The Morgan fingerprint density at radius 1 is 1.80 bits per heavy atom. The van der Waals surface area contributed by atoms with Crippen LogP contribution in [0.15, 0.2) is 23.3 Å². The van der Waals surface area contributed by atoms with Gasteiger partial charge in [0, 0.05) is 0 Å². The van der Waals surface area contributed by atoms with Crippen LogP contribution in [0.3, 0.4) is 0 Å². The highest BCUT2D eigenvalue weighted by Crippen LogP contribution is 2.20. The van der Waals surface area contributed by atoms with E-state index in [9.17, 15) is 0 Å². The summed E-state index contributed by atoms with van der Waals surface area (Å²) < 4.78 is 5.46. The molecule has 1 atom stereocenters. The summed E-state index contributed by atoms with van der Waals surface area (Å²) in [4.78, 5) is 0. The Kier molecular flexibility index (Phi) is 2.28. The molecular formula is C9H14O. The maximum atomic E-state index is 5.46. The summed E-state index contributed by atoms with van der Waals surface area (Å²) >= 11 is 0. The number of allylic oxidation sites excluding steroid dienone is 1. The highest BCUT2D eigenvalue weighted by molar-refractivity contribution is 5.23. The van der Waals surface area contributed by atoms with Crippen LogP contribution in [0.5, 0.6) is 0 Å². The van der Waals surface area contributed by atoms with E-state index >= 15 is 0 Å². The molecule has 0 aliphatic carbocycles. The zero-order chi connectivity index (χ0) is 7.56. The van der Waals surface area contributed by atoms with E-state index in [1.54, 1.807) is 0 Å². The second kappa shape index (κ2) is 3.02. The van der Waals surface area contributed by atoms with E-state index in [4.69, 9.17) is 4.74 Å². The molecule has 1 aliphatic heterocycles. The van der Waals surface area contributed by atoms with Crippen molar-refractivity contribution in [3.8, 4) is 0 Å². The number of ether oxygens (including phenoxy) is 1. The first-order valence-corrected chi connectivity index (χ1v) is 3.66. The fraction of sp³-hybridized carbons (Fsp3) is 0.556. The molecular weight excluding hydrogens is 124 g/mol. The quantitative estimate of drug-likeness (QED) is 0.505. The predicted molar refractivity (Wildman–Crippen MR) is 42.9 cm³/mol. The van der Waals surface area contributed by atoms with Gasteiger partial charge in [-0.2, -0.15) is 0 Å². The van der Waals surface area contributed by atoms with Gasteiger partial charge in [-0.3, -0.25) is 0 Å². The summed E-state index contributed by atoms with van der Waals surface area (Å²) in [5.41, 5.74) is 2.65. The highest BCUT2D eigenvalue weighted by Gasteiger charge is 2.16. The molecule has 0 aromatic heterocycles. The molecule has 1 aliphatic rings. The fourth-order valence-electron chi connectivity index (χ4n) is 1.16. The van der Waals surface area contributed by atoms with Gasteiger partial charge >= 0.3 is 0 Å². The first-order valence-electron chi connectivity index (χ1n) is 3.66. The van der Waals surface area contributed by atoms with Crippen molar-refractivity contribution < 1.29 is 4.74 Å². The molecule has 0 bridgehead atoms. The van der Waals surface area contributed by atoms with Crippen LogP contribution in [0.25, 0.3) is 0 Å². The minimum absolute atomic E-state index is 0.269. The van der Waals surface area contributed by atoms with Crippen LogP contribution in [0.4, 0.5) is 0 Å². The third-order valence-electron chi connectivity index (χ3n) is 1.95. The molecule has 1 heterocycles. The standard InChI is InChI=1S/C9H14O/c1-4-7(2)9-8(3)5-6-10-9/h4-5,9H,6H2,1-3H3/b7-4+/t9-/m1/s1. The molecule has 0 amide bonds. The van der Waals surface area contributed by atoms with Crippen LogP contribution in [-0.2, 0) is 4.74 Å². The van der Waals surface area contributed by atoms with Gasteiger partial charge in [0.05, 0.1) is 12.7 Å². The van der Waals surface area contributed by atoms with Gasteiger partial charge in [-0.05, 0) is 31.9 Å². The van der Waals surface area contributed by atoms with Crippen LogP contribution >= 0.6 is 0 Å². The Hall–Kier alpha value is -0.560. The minimum atomic E-state index is 0.269. The van der Waals surface area contributed by atoms with Gasteiger partial charge in [0.1, 0.15) is 0 Å². The van der Waals surface area contributed by atoms with Crippen molar-refractivity contribution in [1.82, 2.24) is 0 Å². The van der Waals surface area contributed by atoms with Gasteiger partial charge in [0.2, 0.25) is 0 Å². The summed E-state index contributed by atoms with van der Waals surface area (Å²) in [6, 6.07) is 0. The molecule has 0 fully saturated rings. The zero-order valence-corrected chi connectivity index (χ0v) is 6.85. The summed E-state index contributed by atoms with van der Waals surface area (Å²) in [5, 5.41) is 0. The minimum Gasteiger partial charge on any atom is -0.365 e. The van der Waals surface area contributed by atoms with Crippen molar-refractivity contribution >= 4 is 0 Å².